The van der Waals surface area contributed by atoms with Crippen LogP contribution in [0.15, 0.2) is 22.7 Å². The van der Waals surface area contributed by atoms with Crippen LogP contribution in [0, 0.1) is 12.3 Å². The predicted octanol–water partition coefficient (Wildman–Crippen LogP) is 3.98. The first-order valence-electron chi connectivity index (χ1n) is 9.95. The van der Waals surface area contributed by atoms with Crippen LogP contribution in [0.1, 0.15) is 49.1 Å². The fourth-order valence-electron chi connectivity index (χ4n) is 4.13. The summed E-state index contributed by atoms with van der Waals surface area (Å²) in [6.07, 6.45) is 3.61. The molecule has 0 saturated heterocycles. The van der Waals surface area contributed by atoms with Crippen molar-refractivity contribution in [1.29, 1.82) is 0 Å². The fourth-order valence-corrected chi connectivity index (χ4v) is 4.13. The van der Waals surface area contributed by atoms with E-state index in [-0.39, 0.29) is 11.8 Å². The topological polar surface area (TPSA) is 94.0 Å². The molecule has 1 aliphatic rings. The molecule has 0 radical (unpaired) electrons. The molecular weight excluding hydrogens is 368 g/mol. The van der Waals surface area contributed by atoms with Gasteiger partial charge >= 0.3 is 5.97 Å². The zero-order valence-electron chi connectivity index (χ0n) is 17.3. The molecule has 0 atom stereocenters. The molecule has 1 aromatic carbocycles. The number of fused-ring (bicyclic) bond motifs is 1. The molecule has 1 aliphatic carbocycles. The van der Waals surface area contributed by atoms with Gasteiger partial charge in [0.1, 0.15) is 0 Å². The molecule has 3 aromatic rings. The van der Waals surface area contributed by atoms with E-state index in [9.17, 15) is 4.79 Å². The summed E-state index contributed by atoms with van der Waals surface area (Å²) in [6.45, 7) is 6.54. The molecule has 1 N–H and O–H groups in total. The van der Waals surface area contributed by atoms with E-state index in [4.69, 9.17) is 9.63 Å². The monoisotopic (exact) mass is 394 g/mol. The van der Waals surface area contributed by atoms with Crippen molar-refractivity contribution in [1.82, 2.24) is 19.9 Å². The summed E-state index contributed by atoms with van der Waals surface area (Å²) in [6, 6.07) is 5.78. The Balaban J connectivity index is 1.67. The molecule has 0 unspecified atom stereocenters. The van der Waals surface area contributed by atoms with Crippen LogP contribution in [0.25, 0.3) is 23.0 Å². The largest absolute Gasteiger partial charge is 0.481 e. The first-order chi connectivity index (χ1) is 13.7. The van der Waals surface area contributed by atoms with E-state index in [0.29, 0.717) is 18.1 Å². The Kier molecular flexibility index (Phi) is 4.76. The summed E-state index contributed by atoms with van der Waals surface area (Å²) in [4.78, 5) is 15.5. The van der Waals surface area contributed by atoms with Crippen molar-refractivity contribution in [2.24, 2.45) is 12.5 Å². The number of rotatable bonds is 5. The quantitative estimate of drug-likeness (QED) is 0.703. The lowest BCUT2D eigenvalue weighted by Crippen LogP contribution is -2.23. The van der Waals surface area contributed by atoms with Crippen LogP contribution in [0.2, 0.25) is 0 Å². The zero-order valence-corrected chi connectivity index (χ0v) is 17.3. The van der Waals surface area contributed by atoms with Crippen LogP contribution in [0.5, 0.6) is 0 Å². The Morgan fingerprint density at radius 2 is 2.14 bits per heavy atom. The highest BCUT2D eigenvalue weighted by Gasteiger charge is 2.32. The van der Waals surface area contributed by atoms with Gasteiger partial charge in [0.15, 0.2) is 5.69 Å². The van der Waals surface area contributed by atoms with Crippen LogP contribution in [-0.2, 0) is 31.1 Å². The van der Waals surface area contributed by atoms with Gasteiger partial charge in [0.05, 0.1) is 0 Å². The zero-order chi connectivity index (χ0) is 20.8. The lowest BCUT2D eigenvalue weighted by molar-refractivity contribution is -0.136. The third-order valence-electron chi connectivity index (χ3n) is 5.90. The minimum atomic E-state index is -0.806. The first kappa shape index (κ1) is 19.4. The molecule has 0 aliphatic heterocycles. The van der Waals surface area contributed by atoms with Crippen molar-refractivity contribution in [3.8, 4) is 23.0 Å². The van der Waals surface area contributed by atoms with Crippen molar-refractivity contribution in [3.63, 3.8) is 0 Å². The molecule has 0 spiro atoms. The maximum atomic E-state index is 10.9. The van der Waals surface area contributed by atoms with E-state index in [1.807, 2.05) is 36.9 Å². The molecule has 4 rings (SSSR count). The second-order valence-electron chi connectivity index (χ2n) is 8.65. The highest BCUT2D eigenvalue weighted by Crippen LogP contribution is 2.38. The van der Waals surface area contributed by atoms with Crippen molar-refractivity contribution < 1.29 is 14.4 Å². The Labute approximate surface area is 169 Å². The molecule has 2 heterocycles. The summed E-state index contributed by atoms with van der Waals surface area (Å²) >= 11 is 0. The minimum absolute atomic E-state index is 0.0954. The number of aryl methyl sites for hydroxylation is 2. The second kappa shape index (κ2) is 7.13. The van der Waals surface area contributed by atoms with Gasteiger partial charge in [-0.15, -0.1) is 0 Å². The van der Waals surface area contributed by atoms with E-state index in [1.165, 1.54) is 11.3 Å². The number of aliphatic carboxylic acids is 1. The van der Waals surface area contributed by atoms with Crippen molar-refractivity contribution in [2.45, 2.75) is 52.9 Å². The summed E-state index contributed by atoms with van der Waals surface area (Å²) < 4.78 is 7.54. The number of hydrogen-bond acceptors (Lipinski definition) is 5. The van der Waals surface area contributed by atoms with Gasteiger partial charge in [-0.05, 0) is 49.1 Å². The lowest BCUT2D eigenvalue weighted by Gasteiger charge is -2.29. The SMILES string of the molecule is Cc1c(CCC(=O)O)cccc1-c1noc(-c2nn(C)c3c2CCC(C)(C)C3)n1. The van der Waals surface area contributed by atoms with Gasteiger partial charge in [-0.3, -0.25) is 9.48 Å². The van der Waals surface area contributed by atoms with Gasteiger partial charge < -0.3 is 9.63 Å². The van der Waals surface area contributed by atoms with E-state index in [0.717, 1.165) is 41.6 Å². The molecule has 2 aromatic heterocycles. The van der Waals surface area contributed by atoms with Crippen molar-refractivity contribution >= 4 is 5.97 Å². The van der Waals surface area contributed by atoms with Gasteiger partial charge in [0, 0.05) is 30.3 Å². The third-order valence-corrected chi connectivity index (χ3v) is 5.90. The van der Waals surface area contributed by atoms with Gasteiger partial charge in [0.25, 0.3) is 5.89 Å². The van der Waals surface area contributed by atoms with Crippen LogP contribution in [-0.4, -0.2) is 31.0 Å². The number of benzene rings is 1. The maximum Gasteiger partial charge on any atom is 0.303 e. The maximum absolute atomic E-state index is 10.9. The average Bonchev–Trinajstić information content (AvgIpc) is 3.25. The van der Waals surface area contributed by atoms with Gasteiger partial charge in [-0.1, -0.05) is 37.2 Å². The predicted molar refractivity (Wildman–Crippen MR) is 108 cm³/mol. The van der Waals surface area contributed by atoms with Crippen molar-refractivity contribution in [3.05, 3.63) is 40.6 Å². The summed E-state index contributed by atoms with van der Waals surface area (Å²) in [5.41, 5.74) is 6.30. The molecule has 152 valence electrons. The number of carboxylic acid groups (broad SMARTS) is 1. The number of hydrogen-bond donors (Lipinski definition) is 1. The molecular formula is C22H26N4O3. The summed E-state index contributed by atoms with van der Waals surface area (Å²) in [5.74, 6) is 0.136. The van der Waals surface area contributed by atoms with E-state index < -0.39 is 5.97 Å². The normalized spacial score (nSPS) is 15.3. The Hall–Kier alpha value is -2.96. The van der Waals surface area contributed by atoms with Crippen LogP contribution in [0.3, 0.4) is 0 Å². The number of nitrogens with zero attached hydrogens (tertiary/aromatic N) is 4. The number of carboxylic acids is 1. The molecule has 0 bridgehead atoms. The van der Waals surface area contributed by atoms with Crippen LogP contribution in [0.4, 0.5) is 0 Å². The highest BCUT2D eigenvalue weighted by molar-refractivity contribution is 5.68. The molecule has 29 heavy (non-hydrogen) atoms. The number of carbonyl (C=O) groups is 1. The van der Waals surface area contributed by atoms with E-state index in [2.05, 4.69) is 29.1 Å². The molecule has 0 saturated carbocycles. The molecule has 7 nitrogen and oxygen atoms in total. The molecule has 0 fully saturated rings. The average molecular weight is 394 g/mol. The smallest absolute Gasteiger partial charge is 0.303 e. The Morgan fingerprint density at radius 3 is 2.90 bits per heavy atom. The Morgan fingerprint density at radius 1 is 1.34 bits per heavy atom. The molecule has 7 heteroatoms. The minimum Gasteiger partial charge on any atom is -0.481 e. The van der Waals surface area contributed by atoms with E-state index in [1.54, 1.807) is 0 Å². The van der Waals surface area contributed by atoms with Gasteiger partial charge in [-0.2, -0.15) is 10.1 Å². The van der Waals surface area contributed by atoms with Crippen LogP contribution >= 0.6 is 0 Å². The van der Waals surface area contributed by atoms with Crippen LogP contribution < -0.4 is 0 Å². The summed E-state index contributed by atoms with van der Waals surface area (Å²) in [5, 5.41) is 17.8. The van der Waals surface area contributed by atoms with Gasteiger partial charge in [0.2, 0.25) is 5.82 Å². The Bertz CT molecular complexity index is 1080. The first-order valence-corrected chi connectivity index (χ1v) is 9.95. The fraction of sp³-hybridized carbons (Fsp3) is 0.455. The third kappa shape index (κ3) is 3.69. The van der Waals surface area contributed by atoms with Crippen molar-refractivity contribution in [2.75, 3.05) is 0 Å². The second-order valence-corrected chi connectivity index (χ2v) is 8.65. The van der Waals surface area contributed by atoms with E-state index >= 15 is 0 Å². The standard InChI is InChI=1S/C22H26N4O3/c1-13-14(8-9-18(27)28)6-5-7-15(13)20-23-21(29-25-20)19-16-10-11-22(2,3)12-17(16)26(4)24-19/h5-7H,8-12H2,1-4H3,(H,27,28). The highest BCUT2D eigenvalue weighted by atomic mass is 16.5. The summed E-state index contributed by atoms with van der Waals surface area (Å²) in [7, 11) is 1.97. The van der Waals surface area contributed by atoms with Gasteiger partial charge in [-0.25, -0.2) is 0 Å². The lowest BCUT2D eigenvalue weighted by atomic mass is 9.76. The number of aromatic nitrogens is 4. The molecule has 0 amide bonds.